The van der Waals surface area contributed by atoms with Crippen molar-refractivity contribution in [3.8, 4) is 5.75 Å². The van der Waals surface area contributed by atoms with Crippen LogP contribution in [-0.2, 0) is 4.79 Å². The van der Waals surface area contributed by atoms with E-state index >= 15 is 0 Å². The molecule has 0 amide bonds. The van der Waals surface area contributed by atoms with Crippen LogP contribution in [-0.4, -0.2) is 5.97 Å². The first-order valence-corrected chi connectivity index (χ1v) is 7.58. The van der Waals surface area contributed by atoms with Gasteiger partial charge in [-0.15, -0.1) is 0 Å². The average molecular weight is 496 g/mol. The predicted octanol–water partition coefficient (Wildman–Crippen LogP) is 5.39. The highest BCUT2D eigenvalue weighted by atomic mass is 79.9. The highest BCUT2D eigenvalue weighted by molar-refractivity contribution is 9.24. The smallest absolute Gasteiger partial charge is 0.371 e. The first kappa shape index (κ1) is 15.3. The highest BCUT2D eigenvalue weighted by Crippen LogP contribution is 2.42. The Morgan fingerprint density at radius 2 is 1.94 bits per heavy atom. The lowest BCUT2D eigenvalue weighted by Gasteiger charge is -2.13. The van der Waals surface area contributed by atoms with Crippen LogP contribution in [0.15, 0.2) is 33.5 Å². The van der Waals surface area contributed by atoms with E-state index < -0.39 is 11.8 Å². The molecule has 1 aromatic carbocycles. The molecule has 0 saturated carbocycles. The van der Waals surface area contributed by atoms with Crippen molar-refractivity contribution >= 4 is 69.7 Å². The molecule has 1 aromatic rings. The van der Waals surface area contributed by atoms with Gasteiger partial charge in [0.25, 0.3) is 0 Å². The van der Waals surface area contributed by atoms with Crippen LogP contribution in [0.1, 0.15) is 9.30 Å². The number of esters is 1. The standard InChI is InChI=1S/C10H5Br4FO2/c1-4(15)10(16)17-8-6(9(13)14)2-5(11)3-7(8)12/h2-3,9H,1H2. The molecule has 92 valence electrons. The quantitative estimate of drug-likeness (QED) is 0.243. The second-order valence-electron chi connectivity index (χ2n) is 2.90. The van der Waals surface area contributed by atoms with E-state index in [0.717, 1.165) is 4.47 Å². The number of hydrogen-bond donors (Lipinski definition) is 0. The SMILES string of the molecule is C=C(F)C(=O)Oc1c(Br)cc(Br)cc1C(Br)Br. The molecule has 0 N–H and O–H groups in total. The fraction of sp³-hybridized carbons (Fsp3) is 0.100. The van der Waals surface area contributed by atoms with Gasteiger partial charge in [0, 0.05) is 10.0 Å². The number of carbonyl (C=O) groups is 1. The van der Waals surface area contributed by atoms with Crippen LogP contribution in [0, 0.1) is 0 Å². The molecule has 7 heteroatoms. The van der Waals surface area contributed by atoms with E-state index in [1.165, 1.54) is 0 Å². The summed E-state index contributed by atoms with van der Waals surface area (Å²) < 4.78 is 18.6. The van der Waals surface area contributed by atoms with Gasteiger partial charge in [0.05, 0.1) is 8.21 Å². The highest BCUT2D eigenvalue weighted by Gasteiger charge is 2.19. The first-order valence-electron chi connectivity index (χ1n) is 4.16. The van der Waals surface area contributed by atoms with Crippen LogP contribution >= 0.6 is 63.7 Å². The van der Waals surface area contributed by atoms with Crippen LogP contribution in [0.2, 0.25) is 0 Å². The number of benzene rings is 1. The third-order valence-electron chi connectivity index (χ3n) is 1.69. The molecule has 17 heavy (non-hydrogen) atoms. The minimum atomic E-state index is -1.15. The van der Waals surface area contributed by atoms with Crippen molar-refractivity contribution in [2.24, 2.45) is 0 Å². The maximum Gasteiger partial charge on any atom is 0.371 e. The summed E-state index contributed by atoms with van der Waals surface area (Å²) in [5.41, 5.74) is 0.640. The van der Waals surface area contributed by atoms with Gasteiger partial charge in [0.2, 0.25) is 5.83 Å². The lowest BCUT2D eigenvalue weighted by atomic mass is 10.2. The molecule has 0 spiro atoms. The molecule has 0 fully saturated rings. The molecule has 0 bridgehead atoms. The van der Waals surface area contributed by atoms with Crippen molar-refractivity contribution in [2.75, 3.05) is 0 Å². The van der Waals surface area contributed by atoms with E-state index in [4.69, 9.17) is 4.74 Å². The predicted molar refractivity (Wildman–Crippen MR) is 78.3 cm³/mol. The zero-order chi connectivity index (χ0) is 13.2. The molecule has 1 rings (SSSR count). The van der Waals surface area contributed by atoms with Crippen molar-refractivity contribution < 1.29 is 13.9 Å². The van der Waals surface area contributed by atoms with E-state index in [1.807, 2.05) is 0 Å². The monoisotopic (exact) mass is 492 g/mol. The topological polar surface area (TPSA) is 26.3 Å². The molecule has 0 atom stereocenters. The largest absolute Gasteiger partial charge is 0.420 e. The third kappa shape index (κ3) is 4.15. The van der Waals surface area contributed by atoms with Crippen LogP contribution in [0.3, 0.4) is 0 Å². The van der Waals surface area contributed by atoms with Crippen molar-refractivity contribution in [3.05, 3.63) is 39.0 Å². The average Bonchev–Trinajstić information content (AvgIpc) is 2.20. The second-order valence-corrected chi connectivity index (χ2v) is 7.73. The van der Waals surface area contributed by atoms with E-state index in [1.54, 1.807) is 12.1 Å². The number of carbonyl (C=O) groups excluding carboxylic acids is 1. The minimum absolute atomic E-state index is 0.232. The number of halogens is 5. The van der Waals surface area contributed by atoms with E-state index in [9.17, 15) is 9.18 Å². The van der Waals surface area contributed by atoms with Crippen molar-refractivity contribution in [3.63, 3.8) is 0 Å². The van der Waals surface area contributed by atoms with E-state index in [2.05, 4.69) is 70.3 Å². The van der Waals surface area contributed by atoms with E-state index in [-0.39, 0.29) is 9.49 Å². The molecule has 0 aromatic heterocycles. The van der Waals surface area contributed by atoms with Crippen molar-refractivity contribution in [2.45, 2.75) is 3.74 Å². The summed E-state index contributed by atoms with van der Waals surface area (Å²) in [7, 11) is 0. The fourth-order valence-corrected chi connectivity index (χ4v) is 3.02. The van der Waals surface area contributed by atoms with Crippen molar-refractivity contribution in [1.82, 2.24) is 0 Å². The molecule has 0 unspecified atom stereocenters. The summed E-state index contributed by atoms with van der Waals surface area (Å²) in [6, 6.07) is 3.43. The minimum Gasteiger partial charge on any atom is -0.420 e. The molecule has 2 nitrogen and oxygen atoms in total. The molecular formula is C10H5Br4FO2. The van der Waals surface area contributed by atoms with Gasteiger partial charge in [-0.2, -0.15) is 4.39 Å². The second kappa shape index (κ2) is 6.45. The van der Waals surface area contributed by atoms with Gasteiger partial charge in [-0.1, -0.05) is 54.4 Å². The lowest BCUT2D eigenvalue weighted by molar-refractivity contribution is -0.131. The summed E-state index contributed by atoms with van der Waals surface area (Å²) >= 11 is 13.1. The third-order valence-corrected chi connectivity index (χ3v) is 3.72. The molecule has 0 aliphatic heterocycles. The summed E-state index contributed by atoms with van der Waals surface area (Å²) in [4.78, 5) is 11.2. The Hall–Kier alpha value is 0.280. The molecule has 0 aliphatic rings. The summed E-state index contributed by atoms with van der Waals surface area (Å²) in [6.07, 6.45) is 0. The van der Waals surface area contributed by atoms with Gasteiger partial charge in [-0.25, -0.2) is 4.79 Å². The fourth-order valence-electron chi connectivity index (χ4n) is 0.998. The lowest BCUT2D eigenvalue weighted by Crippen LogP contribution is -2.09. The number of alkyl halides is 2. The maximum absolute atomic E-state index is 12.6. The van der Waals surface area contributed by atoms with Crippen LogP contribution in [0.5, 0.6) is 5.75 Å². The maximum atomic E-state index is 12.6. The summed E-state index contributed by atoms with van der Waals surface area (Å²) in [6.45, 7) is 2.88. The normalized spacial score (nSPS) is 10.5. The summed E-state index contributed by atoms with van der Waals surface area (Å²) in [5, 5.41) is 0. The van der Waals surface area contributed by atoms with Crippen LogP contribution in [0.25, 0.3) is 0 Å². The number of rotatable bonds is 3. The Balaban J connectivity index is 3.21. The Labute approximate surface area is 131 Å². The van der Waals surface area contributed by atoms with Gasteiger partial charge in [0.1, 0.15) is 0 Å². The van der Waals surface area contributed by atoms with Crippen LogP contribution < -0.4 is 4.74 Å². The van der Waals surface area contributed by atoms with Crippen LogP contribution in [0.4, 0.5) is 4.39 Å². The first-order chi connectivity index (χ1) is 7.82. The zero-order valence-electron chi connectivity index (χ0n) is 8.15. The van der Waals surface area contributed by atoms with Gasteiger partial charge >= 0.3 is 5.97 Å². The Bertz CT molecular complexity index is 474. The number of hydrogen-bond acceptors (Lipinski definition) is 2. The van der Waals surface area contributed by atoms with Gasteiger partial charge in [0.15, 0.2) is 5.75 Å². The Morgan fingerprint density at radius 3 is 2.41 bits per heavy atom. The molecule has 0 heterocycles. The van der Waals surface area contributed by atoms with Gasteiger partial charge in [-0.05, 0) is 28.1 Å². The molecule has 0 saturated heterocycles. The number of ether oxygens (including phenoxy) is 1. The molecular weight excluding hydrogens is 491 g/mol. The Kier molecular flexibility index (Phi) is 5.82. The van der Waals surface area contributed by atoms with Crippen molar-refractivity contribution in [1.29, 1.82) is 0 Å². The van der Waals surface area contributed by atoms with Gasteiger partial charge in [-0.3, -0.25) is 0 Å². The Morgan fingerprint density at radius 1 is 1.35 bits per heavy atom. The van der Waals surface area contributed by atoms with E-state index in [0.29, 0.717) is 10.0 Å². The summed E-state index contributed by atoms with van der Waals surface area (Å²) in [5.74, 6) is -2.03. The molecule has 0 aliphatic carbocycles. The van der Waals surface area contributed by atoms with Gasteiger partial charge < -0.3 is 4.74 Å². The zero-order valence-corrected chi connectivity index (χ0v) is 14.5. The molecule has 0 radical (unpaired) electrons.